The van der Waals surface area contributed by atoms with Gasteiger partial charge < -0.3 is 5.11 Å². The van der Waals surface area contributed by atoms with Gasteiger partial charge in [-0.05, 0) is 44.0 Å². The first-order valence-corrected chi connectivity index (χ1v) is 7.88. The molecule has 1 unspecified atom stereocenters. The van der Waals surface area contributed by atoms with Crippen molar-refractivity contribution in [1.82, 2.24) is 4.72 Å². The molecule has 1 aromatic carbocycles. The number of nitrogens with zero attached hydrogens (tertiary/aromatic N) is 1. The van der Waals surface area contributed by atoms with Crippen LogP contribution in [0.1, 0.15) is 31.4 Å². The molecule has 0 aliphatic rings. The van der Waals surface area contributed by atoms with Crippen LogP contribution in [-0.4, -0.2) is 26.0 Å². The lowest BCUT2D eigenvalue weighted by Crippen LogP contribution is -2.40. The van der Waals surface area contributed by atoms with E-state index in [1.54, 1.807) is 13.8 Å². The van der Waals surface area contributed by atoms with Gasteiger partial charge in [0.2, 0.25) is 10.0 Å². The maximum absolute atomic E-state index is 12.2. The van der Waals surface area contributed by atoms with Gasteiger partial charge in [0.25, 0.3) is 0 Å². The third-order valence-corrected chi connectivity index (χ3v) is 4.98. The standard InChI is InChI=1S/C14H18N2O4S/c1-4-14(3,13(17)18)9-16-21(19,20)12-6-5-11(8-15)10(2)7-12/h5-7,16H,4,9H2,1-3H3,(H,17,18). The summed E-state index contributed by atoms with van der Waals surface area (Å²) in [4.78, 5) is 11.2. The van der Waals surface area contributed by atoms with E-state index in [-0.39, 0.29) is 11.4 Å². The summed E-state index contributed by atoms with van der Waals surface area (Å²) < 4.78 is 26.7. The van der Waals surface area contributed by atoms with E-state index in [2.05, 4.69) is 4.72 Å². The van der Waals surface area contributed by atoms with Gasteiger partial charge in [-0.25, -0.2) is 13.1 Å². The third kappa shape index (κ3) is 3.80. The van der Waals surface area contributed by atoms with Crippen molar-refractivity contribution in [1.29, 1.82) is 5.26 Å². The topological polar surface area (TPSA) is 107 Å². The molecule has 1 rings (SSSR count). The molecule has 0 fully saturated rings. The molecule has 0 saturated carbocycles. The van der Waals surface area contributed by atoms with Crippen LogP contribution in [0.4, 0.5) is 0 Å². The van der Waals surface area contributed by atoms with Crippen molar-refractivity contribution in [2.75, 3.05) is 6.54 Å². The number of carboxylic acids is 1. The van der Waals surface area contributed by atoms with E-state index in [1.807, 2.05) is 6.07 Å². The molecule has 0 aliphatic carbocycles. The Balaban J connectivity index is 3.01. The molecule has 2 N–H and O–H groups in total. The van der Waals surface area contributed by atoms with Crippen molar-refractivity contribution >= 4 is 16.0 Å². The molecule has 7 heteroatoms. The lowest BCUT2D eigenvalue weighted by Gasteiger charge is -2.23. The van der Waals surface area contributed by atoms with Gasteiger partial charge in [0.1, 0.15) is 0 Å². The highest BCUT2D eigenvalue weighted by Gasteiger charge is 2.32. The second-order valence-corrected chi connectivity index (χ2v) is 6.90. The number of hydrogen-bond donors (Lipinski definition) is 2. The van der Waals surface area contributed by atoms with Gasteiger partial charge in [-0.3, -0.25) is 4.79 Å². The molecule has 6 nitrogen and oxygen atoms in total. The van der Waals surface area contributed by atoms with E-state index in [4.69, 9.17) is 10.4 Å². The lowest BCUT2D eigenvalue weighted by atomic mass is 9.88. The quantitative estimate of drug-likeness (QED) is 0.830. The molecule has 1 aromatic rings. The van der Waals surface area contributed by atoms with Crippen molar-refractivity contribution in [2.24, 2.45) is 5.41 Å². The molecule has 1 atom stereocenters. The first kappa shape index (κ1) is 17.1. The van der Waals surface area contributed by atoms with Crippen molar-refractivity contribution < 1.29 is 18.3 Å². The number of aliphatic carboxylic acids is 1. The highest BCUT2D eigenvalue weighted by atomic mass is 32.2. The van der Waals surface area contributed by atoms with Crippen LogP contribution in [0.5, 0.6) is 0 Å². The largest absolute Gasteiger partial charge is 0.481 e. The third-order valence-electron chi connectivity index (χ3n) is 3.58. The zero-order valence-corrected chi connectivity index (χ0v) is 13.0. The van der Waals surface area contributed by atoms with Gasteiger partial charge in [0, 0.05) is 6.54 Å². The molecule has 0 bridgehead atoms. The number of sulfonamides is 1. The van der Waals surface area contributed by atoms with Crippen molar-refractivity contribution in [3.8, 4) is 6.07 Å². The normalized spacial score (nSPS) is 14.2. The fourth-order valence-electron chi connectivity index (χ4n) is 1.62. The molecule has 114 valence electrons. The van der Waals surface area contributed by atoms with Crippen LogP contribution in [0.25, 0.3) is 0 Å². The summed E-state index contributed by atoms with van der Waals surface area (Å²) in [5.74, 6) is -1.05. The Morgan fingerprint density at radius 1 is 1.48 bits per heavy atom. The average Bonchev–Trinajstić information content (AvgIpc) is 2.44. The van der Waals surface area contributed by atoms with E-state index in [1.165, 1.54) is 25.1 Å². The molecule has 0 amide bonds. The first-order chi connectivity index (χ1) is 9.66. The number of carboxylic acid groups (broad SMARTS) is 1. The molecule has 0 aliphatic heterocycles. The highest BCUT2D eigenvalue weighted by molar-refractivity contribution is 7.89. The molecule has 0 saturated heterocycles. The van der Waals surface area contributed by atoms with Gasteiger partial charge >= 0.3 is 5.97 Å². The maximum Gasteiger partial charge on any atom is 0.310 e. The van der Waals surface area contributed by atoms with Gasteiger partial charge in [-0.1, -0.05) is 6.92 Å². The fourth-order valence-corrected chi connectivity index (χ4v) is 2.87. The Morgan fingerprint density at radius 2 is 2.10 bits per heavy atom. The minimum atomic E-state index is -3.81. The molecular formula is C14H18N2O4S. The summed E-state index contributed by atoms with van der Waals surface area (Å²) in [5.41, 5.74) is -0.205. The second kappa shape index (κ2) is 6.24. The average molecular weight is 310 g/mol. The van der Waals surface area contributed by atoms with Crippen molar-refractivity contribution in [2.45, 2.75) is 32.1 Å². The SMILES string of the molecule is CCC(C)(CNS(=O)(=O)c1ccc(C#N)c(C)c1)C(=O)O. The van der Waals surface area contributed by atoms with E-state index in [0.29, 0.717) is 17.5 Å². The van der Waals surface area contributed by atoms with Gasteiger partial charge in [0.15, 0.2) is 0 Å². The second-order valence-electron chi connectivity index (χ2n) is 5.13. The molecule has 21 heavy (non-hydrogen) atoms. The van der Waals surface area contributed by atoms with Crippen LogP contribution in [0.3, 0.4) is 0 Å². The van der Waals surface area contributed by atoms with E-state index < -0.39 is 21.4 Å². The summed E-state index contributed by atoms with van der Waals surface area (Å²) in [6, 6.07) is 6.12. The highest BCUT2D eigenvalue weighted by Crippen LogP contribution is 2.21. The lowest BCUT2D eigenvalue weighted by molar-refractivity contribution is -0.147. The van der Waals surface area contributed by atoms with Crippen molar-refractivity contribution in [3.63, 3.8) is 0 Å². The van der Waals surface area contributed by atoms with Crippen LogP contribution < -0.4 is 4.72 Å². The number of nitriles is 1. The van der Waals surface area contributed by atoms with Crippen LogP contribution in [0.15, 0.2) is 23.1 Å². The zero-order valence-electron chi connectivity index (χ0n) is 12.2. The summed E-state index contributed by atoms with van der Waals surface area (Å²) in [7, 11) is -3.81. The first-order valence-electron chi connectivity index (χ1n) is 6.40. The number of benzene rings is 1. The minimum absolute atomic E-state index is 0.0165. The fraction of sp³-hybridized carbons (Fsp3) is 0.429. The van der Waals surface area contributed by atoms with E-state index in [0.717, 1.165) is 0 Å². The summed E-state index contributed by atoms with van der Waals surface area (Å²) in [6.07, 6.45) is 0.303. The molecule has 0 aromatic heterocycles. The van der Waals surface area contributed by atoms with E-state index in [9.17, 15) is 13.2 Å². The summed E-state index contributed by atoms with van der Waals surface area (Å²) >= 11 is 0. The van der Waals surface area contributed by atoms with Crippen LogP contribution >= 0.6 is 0 Å². The molecular weight excluding hydrogens is 292 g/mol. The van der Waals surface area contributed by atoms with Gasteiger partial charge in [-0.2, -0.15) is 5.26 Å². The molecule has 0 radical (unpaired) electrons. The Kier molecular flexibility index (Phi) is 5.10. The van der Waals surface area contributed by atoms with E-state index >= 15 is 0 Å². The predicted octanol–water partition coefficient (Wildman–Crippen LogP) is 1.65. The number of rotatable bonds is 6. The predicted molar refractivity (Wildman–Crippen MR) is 77.1 cm³/mol. The van der Waals surface area contributed by atoms with Crippen LogP contribution in [0, 0.1) is 23.7 Å². The van der Waals surface area contributed by atoms with Gasteiger partial charge in [-0.15, -0.1) is 0 Å². The number of aryl methyl sites for hydroxylation is 1. The summed E-state index contributed by atoms with van der Waals surface area (Å²) in [5, 5.41) is 18.0. The maximum atomic E-state index is 12.2. The minimum Gasteiger partial charge on any atom is -0.481 e. The Bertz CT molecular complexity index is 691. The zero-order chi connectivity index (χ0) is 16.3. The van der Waals surface area contributed by atoms with Crippen LogP contribution in [-0.2, 0) is 14.8 Å². The number of nitrogens with one attached hydrogen (secondary N) is 1. The Labute approximate surface area is 124 Å². The molecule has 0 spiro atoms. The monoisotopic (exact) mass is 310 g/mol. The Morgan fingerprint density at radius 3 is 2.52 bits per heavy atom. The van der Waals surface area contributed by atoms with Crippen LogP contribution in [0.2, 0.25) is 0 Å². The molecule has 0 heterocycles. The smallest absolute Gasteiger partial charge is 0.310 e. The van der Waals surface area contributed by atoms with Crippen molar-refractivity contribution in [3.05, 3.63) is 29.3 Å². The number of hydrogen-bond acceptors (Lipinski definition) is 4. The van der Waals surface area contributed by atoms with Gasteiger partial charge in [0.05, 0.1) is 21.9 Å². The number of carbonyl (C=O) groups is 1. The Hall–Kier alpha value is -1.91. The summed E-state index contributed by atoms with van der Waals surface area (Å²) in [6.45, 7) is 4.63.